The molecule has 4 heteroatoms. The van der Waals surface area contributed by atoms with Gasteiger partial charge in [-0.15, -0.1) is 0 Å². The lowest BCUT2D eigenvalue weighted by Gasteiger charge is -2.30. The van der Waals surface area contributed by atoms with Crippen LogP contribution in [-0.2, 0) is 5.41 Å². The third-order valence-corrected chi connectivity index (χ3v) is 4.69. The monoisotopic (exact) mass is 261 g/mol. The Morgan fingerprint density at radius 3 is 2.47 bits per heavy atom. The molecule has 0 bridgehead atoms. The molecule has 0 amide bonds. The molecule has 0 aromatic carbocycles. The minimum absolute atomic E-state index is 0.0392. The van der Waals surface area contributed by atoms with Crippen molar-refractivity contribution in [1.29, 1.82) is 0 Å². The Labute approximate surface area is 114 Å². The van der Waals surface area contributed by atoms with Crippen LogP contribution in [-0.4, -0.2) is 23.6 Å². The van der Waals surface area contributed by atoms with Crippen LogP contribution >= 0.6 is 0 Å². The molecule has 19 heavy (non-hydrogen) atoms. The maximum absolute atomic E-state index is 6.09. The number of rotatable bonds is 4. The molecule has 2 aliphatic carbocycles. The highest BCUT2D eigenvalue weighted by atomic mass is 16.5. The summed E-state index contributed by atoms with van der Waals surface area (Å²) < 4.78 is 5.58. The number of nitrogens with zero attached hydrogens (tertiary/aromatic N) is 2. The van der Waals surface area contributed by atoms with Crippen LogP contribution in [0.2, 0.25) is 0 Å². The minimum atomic E-state index is 0.0392. The van der Waals surface area contributed by atoms with E-state index in [1.807, 2.05) is 0 Å². The van der Waals surface area contributed by atoms with Gasteiger partial charge in [0.1, 0.15) is 5.82 Å². The molecular weight excluding hydrogens is 238 g/mol. The van der Waals surface area contributed by atoms with E-state index in [1.54, 1.807) is 7.11 Å². The second-order valence-electron chi connectivity index (χ2n) is 6.02. The maximum Gasteiger partial charge on any atom is 0.220 e. The van der Waals surface area contributed by atoms with Crippen LogP contribution in [0.15, 0.2) is 0 Å². The number of hydrogen-bond donors (Lipinski definition) is 1. The topological polar surface area (TPSA) is 61.0 Å². The molecular formula is C15H23N3O. The second kappa shape index (κ2) is 4.75. The van der Waals surface area contributed by atoms with Crippen LogP contribution in [0, 0.1) is 6.92 Å². The minimum Gasteiger partial charge on any atom is -0.481 e. The summed E-state index contributed by atoms with van der Waals surface area (Å²) in [5, 5.41) is 0. The summed E-state index contributed by atoms with van der Waals surface area (Å²) in [6, 6.07) is 0. The molecule has 2 aliphatic rings. The molecule has 104 valence electrons. The third-order valence-electron chi connectivity index (χ3n) is 4.69. The summed E-state index contributed by atoms with van der Waals surface area (Å²) >= 11 is 0. The number of ether oxygens (including phenoxy) is 1. The largest absolute Gasteiger partial charge is 0.481 e. The average Bonchev–Trinajstić information content (AvgIpc) is 3.17. The van der Waals surface area contributed by atoms with Gasteiger partial charge in [0.15, 0.2) is 0 Å². The molecule has 2 saturated carbocycles. The summed E-state index contributed by atoms with van der Waals surface area (Å²) in [6.45, 7) is 2.75. The SMILES string of the molecule is COc1nc(C2CC2)nc(C)c1C1(CN)CCCC1. The molecule has 1 heterocycles. The van der Waals surface area contributed by atoms with Crippen LogP contribution in [0.4, 0.5) is 0 Å². The Morgan fingerprint density at radius 1 is 1.26 bits per heavy atom. The van der Waals surface area contributed by atoms with Gasteiger partial charge < -0.3 is 10.5 Å². The van der Waals surface area contributed by atoms with Gasteiger partial charge in [-0.1, -0.05) is 12.8 Å². The molecule has 0 aliphatic heterocycles. The lowest BCUT2D eigenvalue weighted by Crippen LogP contribution is -2.34. The molecule has 2 fully saturated rings. The van der Waals surface area contributed by atoms with Gasteiger partial charge >= 0.3 is 0 Å². The molecule has 4 nitrogen and oxygen atoms in total. The van der Waals surface area contributed by atoms with Gasteiger partial charge in [0.2, 0.25) is 5.88 Å². The van der Waals surface area contributed by atoms with Gasteiger partial charge in [-0.3, -0.25) is 0 Å². The van der Waals surface area contributed by atoms with Crippen molar-refractivity contribution >= 4 is 0 Å². The predicted octanol–water partition coefficient (Wildman–Crippen LogP) is 2.44. The fourth-order valence-electron chi connectivity index (χ4n) is 3.46. The van der Waals surface area contributed by atoms with E-state index in [0.29, 0.717) is 12.5 Å². The second-order valence-corrected chi connectivity index (χ2v) is 6.02. The van der Waals surface area contributed by atoms with Gasteiger partial charge in [0.25, 0.3) is 0 Å². The fourth-order valence-corrected chi connectivity index (χ4v) is 3.46. The highest BCUT2D eigenvalue weighted by Crippen LogP contribution is 2.46. The van der Waals surface area contributed by atoms with E-state index < -0.39 is 0 Å². The first-order valence-corrected chi connectivity index (χ1v) is 7.33. The number of hydrogen-bond acceptors (Lipinski definition) is 4. The van der Waals surface area contributed by atoms with Crippen LogP contribution in [0.5, 0.6) is 5.88 Å². The normalized spacial score (nSPS) is 21.6. The van der Waals surface area contributed by atoms with E-state index in [2.05, 4.69) is 11.9 Å². The molecule has 1 aromatic rings. The van der Waals surface area contributed by atoms with E-state index in [4.69, 9.17) is 15.5 Å². The Kier molecular flexibility index (Phi) is 3.21. The lowest BCUT2D eigenvalue weighted by molar-refractivity contribution is 0.358. The van der Waals surface area contributed by atoms with Crippen molar-refractivity contribution in [2.24, 2.45) is 5.73 Å². The molecule has 1 aromatic heterocycles. The zero-order valence-electron chi connectivity index (χ0n) is 11.9. The van der Waals surface area contributed by atoms with Crippen molar-refractivity contribution in [1.82, 2.24) is 9.97 Å². The molecule has 0 spiro atoms. The smallest absolute Gasteiger partial charge is 0.220 e. The molecule has 0 saturated heterocycles. The Hall–Kier alpha value is -1.16. The van der Waals surface area contributed by atoms with Gasteiger partial charge in [-0.25, -0.2) is 4.98 Å². The standard InChI is InChI=1S/C15H23N3O/c1-10-12(15(9-16)7-3-4-8-15)14(19-2)18-13(17-10)11-5-6-11/h11H,3-9,16H2,1-2H3. The van der Waals surface area contributed by atoms with Crippen LogP contribution in [0.1, 0.15) is 61.5 Å². The van der Waals surface area contributed by atoms with E-state index in [-0.39, 0.29) is 5.41 Å². The Bertz CT molecular complexity index is 477. The van der Waals surface area contributed by atoms with Gasteiger partial charge in [-0.2, -0.15) is 4.98 Å². The first-order valence-electron chi connectivity index (χ1n) is 7.33. The average molecular weight is 261 g/mol. The third kappa shape index (κ3) is 2.12. The number of methoxy groups -OCH3 is 1. The van der Waals surface area contributed by atoms with Crippen molar-refractivity contribution in [2.45, 2.75) is 56.8 Å². The summed E-state index contributed by atoms with van der Waals surface area (Å²) in [7, 11) is 1.71. The molecule has 0 radical (unpaired) electrons. The van der Waals surface area contributed by atoms with Gasteiger partial charge in [0.05, 0.1) is 7.11 Å². The summed E-state index contributed by atoms with van der Waals surface area (Å²) in [5.41, 5.74) is 8.37. The van der Waals surface area contributed by atoms with Crippen molar-refractivity contribution in [3.63, 3.8) is 0 Å². The van der Waals surface area contributed by atoms with Crippen LogP contribution in [0.3, 0.4) is 0 Å². The number of nitrogens with two attached hydrogens (primary N) is 1. The van der Waals surface area contributed by atoms with Crippen molar-refractivity contribution in [3.05, 3.63) is 17.1 Å². The van der Waals surface area contributed by atoms with Gasteiger partial charge in [0, 0.05) is 29.1 Å². The van der Waals surface area contributed by atoms with Gasteiger partial charge in [-0.05, 0) is 32.6 Å². The van der Waals surface area contributed by atoms with Crippen molar-refractivity contribution in [2.75, 3.05) is 13.7 Å². The quantitative estimate of drug-likeness (QED) is 0.904. The summed E-state index contributed by atoms with van der Waals surface area (Å²) in [5.74, 6) is 2.28. The molecule has 0 unspecified atom stereocenters. The highest BCUT2D eigenvalue weighted by molar-refractivity contribution is 5.40. The Balaban J connectivity index is 2.08. The van der Waals surface area contributed by atoms with Crippen LogP contribution in [0.25, 0.3) is 0 Å². The van der Waals surface area contributed by atoms with Crippen molar-refractivity contribution < 1.29 is 4.74 Å². The lowest BCUT2D eigenvalue weighted by atomic mass is 9.78. The van der Waals surface area contributed by atoms with E-state index >= 15 is 0 Å². The summed E-state index contributed by atoms with van der Waals surface area (Å²) in [4.78, 5) is 9.40. The van der Waals surface area contributed by atoms with Crippen LogP contribution < -0.4 is 10.5 Å². The summed E-state index contributed by atoms with van der Waals surface area (Å²) in [6.07, 6.45) is 7.17. The first kappa shape index (κ1) is 12.9. The molecule has 0 atom stereocenters. The number of aryl methyl sites for hydroxylation is 1. The predicted molar refractivity (Wildman–Crippen MR) is 74.5 cm³/mol. The van der Waals surface area contributed by atoms with E-state index in [0.717, 1.165) is 30.2 Å². The number of aromatic nitrogens is 2. The zero-order valence-corrected chi connectivity index (χ0v) is 11.9. The highest BCUT2D eigenvalue weighted by Gasteiger charge is 2.40. The Morgan fingerprint density at radius 2 is 1.95 bits per heavy atom. The fraction of sp³-hybridized carbons (Fsp3) is 0.733. The molecule has 2 N–H and O–H groups in total. The van der Waals surface area contributed by atoms with Crippen molar-refractivity contribution in [3.8, 4) is 5.88 Å². The maximum atomic E-state index is 6.09. The molecule has 3 rings (SSSR count). The first-order chi connectivity index (χ1) is 9.20. The van der Waals surface area contributed by atoms with E-state index in [1.165, 1.54) is 31.2 Å². The van der Waals surface area contributed by atoms with E-state index in [9.17, 15) is 0 Å². The zero-order chi connectivity index (χ0) is 13.5.